The second kappa shape index (κ2) is 5.89. The normalized spacial score (nSPS) is 16.7. The molecule has 0 bridgehead atoms. The number of hydrogen-bond acceptors (Lipinski definition) is 4. The Balaban J connectivity index is 2.63. The highest BCUT2D eigenvalue weighted by Crippen LogP contribution is 2.16. The molecule has 0 aromatic heterocycles. The second-order valence-corrected chi connectivity index (χ2v) is 5.25. The third kappa shape index (κ3) is 4.39. The lowest BCUT2D eigenvalue weighted by atomic mass is 10.1. The number of hydrogen-bond donors (Lipinski definition) is 0. The van der Waals surface area contributed by atoms with Gasteiger partial charge in [0.05, 0.1) is 7.11 Å². The number of ether oxygens (including phenoxy) is 2. The molecule has 0 spiro atoms. The minimum Gasteiger partial charge on any atom is -0.466 e. The number of nitrogens with zero attached hydrogens (tertiary/aromatic N) is 1. The fourth-order valence-electron chi connectivity index (χ4n) is 1.68. The van der Waals surface area contributed by atoms with E-state index in [-0.39, 0.29) is 12.1 Å². The van der Waals surface area contributed by atoms with Gasteiger partial charge < -0.3 is 14.4 Å². The minimum absolute atomic E-state index is 0.318. The van der Waals surface area contributed by atoms with E-state index in [2.05, 4.69) is 4.74 Å². The SMILES string of the molecule is COC(=O)C1=CCN(C(=O)OC(C)(C)C)CCC1. The van der Waals surface area contributed by atoms with Gasteiger partial charge in [0.1, 0.15) is 5.60 Å². The van der Waals surface area contributed by atoms with E-state index in [0.717, 1.165) is 6.42 Å². The Morgan fingerprint density at radius 1 is 1.33 bits per heavy atom. The summed E-state index contributed by atoms with van der Waals surface area (Å²) in [7, 11) is 1.36. The molecular formula is C13H21NO4. The Kier molecular flexibility index (Phi) is 4.76. The van der Waals surface area contributed by atoms with Crippen molar-refractivity contribution in [2.24, 2.45) is 0 Å². The summed E-state index contributed by atoms with van der Waals surface area (Å²) in [6, 6.07) is 0. The van der Waals surface area contributed by atoms with E-state index < -0.39 is 5.60 Å². The van der Waals surface area contributed by atoms with Crippen LogP contribution < -0.4 is 0 Å². The third-order valence-electron chi connectivity index (χ3n) is 2.53. The van der Waals surface area contributed by atoms with Crippen LogP contribution in [0.5, 0.6) is 0 Å². The predicted molar refractivity (Wildman–Crippen MR) is 67.1 cm³/mol. The zero-order valence-corrected chi connectivity index (χ0v) is 11.5. The van der Waals surface area contributed by atoms with Crippen LogP contribution in [0.3, 0.4) is 0 Å². The van der Waals surface area contributed by atoms with Crippen LogP contribution in [0.4, 0.5) is 4.79 Å². The standard InChI is InChI=1S/C13H21NO4/c1-13(2,3)18-12(16)14-8-5-6-10(7-9-14)11(15)17-4/h7H,5-6,8-9H2,1-4H3. The van der Waals surface area contributed by atoms with E-state index in [1.54, 1.807) is 11.0 Å². The lowest BCUT2D eigenvalue weighted by Crippen LogP contribution is -2.37. The van der Waals surface area contributed by atoms with Gasteiger partial charge in [-0.3, -0.25) is 0 Å². The van der Waals surface area contributed by atoms with Crippen LogP contribution in [0.2, 0.25) is 0 Å². The van der Waals surface area contributed by atoms with Crippen molar-refractivity contribution in [2.75, 3.05) is 20.2 Å². The molecule has 1 amide bonds. The molecule has 1 aliphatic heterocycles. The van der Waals surface area contributed by atoms with Crippen LogP contribution in [0, 0.1) is 0 Å². The molecule has 18 heavy (non-hydrogen) atoms. The number of rotatable bonds is 1. The van der Waals surface area contributed by atoms with E-state index in [9.17, 15) is 9.59 Å². The monoisotopic (exact) mass is 255 g/mol. The van der Waals surface area contributed by atoms with Crippen molar-refractivity contribution < 1.29 is 19.1 Å². The molecule has 0 saturated heterocycles. The van der Waals surface area contributed by atoms with Crippen molar-refractivity contribution >= 4 is 12.1 Å². The van der Waals surface area contributed by atoms with Crippen molar-refractivity contribution in [2.45, 2.75) is 39.2 Å². The molecule has 5 nitrogen and oxygen atoms in total. The molecule has 0 fully saturated rings. The third-order valence-corrected chi connectivity index (χ3v) is 2.53. The predicted octanol–water partition coefficient (Wildman–Crippen LogP) is 2.12. The highest BCUT2D eigenvalue weighted by molar-refractivity contribution is 5.88. The Morgan fingerprint density at radius 2 is 2.00 bits per heavy atom. The summed E-state index contributed by atoms with van der Waals surface area (Å²) in [6.07, 6.45) is 2.76. The smallest absolute Gasteiger partial charge is 0.410 e. The number of carbonyl (C=O) groups excluding carboxylic acids is 2. The van der Waals surface area contributed by atoms with Crippen molar-refractivity contribution in [1.82, 2.24) is 4.90 Å². The molecular weight excluding hydrogens is 234 g/mol. The maximum atomic E-state index is 11.9. The maximum absolute atomic E-state index is 11.9. The number of carbonyl (C=O) groups is 2. The van der Waals surface area contributed by atoms with Crippen molar-refractivity contribution in [1.29, 1.82) is 0 Å². The lowest BCUT2D eigenvalue weighted by Gasteiger charge is -2.25. The first-order valence-electron chi connectivity index (χ1n) is 6.09. The first-order chi connectivity index (χ1) is 8.33. The van der Waals surface area contributed by atoms with E-state index in [4.69, 9.17) is 4.74 Å². The highest BCUT2D eigenvalue weighted by Gasteiger charge is 2.23. The van der Waals surface area contributed by atoms with E-state index >= 15 is 0 Å². The molecule has 0 saturated carbocycles. The molecule has 1 aliphatic rings. The minimum atomic E-state index is -0.502. The summed E-state index contributed by atoms with van der Waals surface area (Å²) in [6.45, 7) is 6.47. The Hall–Kier alpha value is -1.52. The molecule has 0 radical (unpaired) electrons. The van der Waals surface area contributed by atoms with Gasteiger partial charge in [-0.05, 0) is 33.6 Å². The molecule has 5 heteroatoms. The van der Waals surface area contributed by atoms with Gasteiger partial charge in [0.2, 0.25) is 0 Å². The van der Waals surface area contributed by atoms with Gasteiger partial charge in [0, 0.05) is 18.7 Å². The van der Waals surface area contributed by atoms with Gasteiger partial charge in [-0.15, -0.1) is 0 Å². The molecule has 0 aliphatic carbocycles. The van der Waals surface area contributed by atoms with Gasteiger partial charge >= 0.3 is 12.1 Å². The van der Waals surface area contributed by atoms with Gasteiger partial charge in [0.15, 0.2) is 0 Å². The summed E-state index contributed by atoms with van der Waals surface area (Å²) in [5.41, 5.74) is 0.127. The van der Waals surface area contributed by atoms with Crippen LogP contribution in [0.15, 0.2) is 11.6 Å². The van der Waals surface area contributed by atoms with Crippen LogP contribution in [-0.2, 0) is 14.3 Å². The average molecular weight is 255 g/mol. The van der Waals surface area contributed by atoms with Crippen LogP contribution in [0.1, 0.15) is 33.6 Å². The fourth-order valence-corrected chi connectivity index (χ4v) is 1.68. The molecule has 0 atom stereocenters. The van der Waals surface area contributed by atoms with Crippen molar-refractivity contribution in [3.05, 3.63) is 11.6 Å². The molecule has 0 N–H and O–H groups in total. The first-order valence-corrected chi connectivity index (χ1v) is 6.09. The summed E-state index contributed by atoms with van der Waals surface area (Å²) in [5, 5.41) is 0. The average Bonchev–Trinajstić information content (AvgIpc) is 2.51. The summed E-state index contributed by atoms with van der Waals surface area (Å²) >= 11 is 0. The molecule has 0 aromatic rings. The Morgan fingerprint density at radius 3 is 2.56 bits per heavy atom. The lowest BCUT2D eigenvalue weighted by molar-refractivity contribution is -0.136. The van der Waals surface area contributed by atoms with Crippen LogP contribution >= 0.6 is 0 Å². The number of esters is 1. The van der Waals surface area contributed by atoms with Gasteiger partial charge in [0.25, 0.3) is 0 Å². The molecule has 102 valence electrons. The number of methoxy groups -OCH3 is 1. The summed E-state index contributed by atoms with van der Waals surface area (Å²) in [5.74, 6) is -0.318. The van der Waals surface area contributed by atoms with E-state index in [1.165, 1.54) is 7.11 Å². The molecule has 0 aromatic carbocycles. The largest absolute Gasteiger partial charge is 0.466 e. The molecule has 1 rings (SSSR count). The summed E-state index contributed by atoms with van der Waals surface area (Å²) in [4.78, 5) is 24.9. The zero-order chi connectivity index (χ0) is 13.8. The van der Waals surface area contributed by atoms with Crippen molar-refractivity contribution in [3.63, 3.8) is 0 Å². The molecule has 0 unspecified atom stereocenters. The number of amides is 1. The zero-order valence-electron chi connectivity index (χ0n) is 11.5. The maximum Gasteiger partial charge on any atom is 0.410 e. The Labute approximate surface area is 108 Å². The highest BCUT2D eigenvalue weighted by atomic mass is 16.6. The van der Waals surface area contributed by atoms with Gasteiger partial charge in [-0.1, -0.05) is 6.08 Å². The fraction of sp³-hybridized carbons (Fsp3) is 0.692. The molecule has 1 heterocycles. The van der Waals surface area contributed by atoms with E-state index in [1.807, 2.05) is 20.8 Å². The topological polar surface area (TPSA) is 55.8 Å². The van der Waals surface area contributed by atoms with Crippen LogP contribution in [-0.4, -0.2) is 42.8 Å². The van der Waals surface area contributed by atoms with Gasteiger partial charge in [-0.2, -0.15) is 0 Å². The van der Waals surface area contributed by atoms with Crippen molar-refractivity contribution in [3.8, 4) is 0 Å². The van der Waals surface area contributed by atoms with Crippen LogP contribution in [0.25, 0.3) is 0 Å². The van der Waals surface area contributed by atoms with Gasteiger partial charge in [-0.25, -0.2) is 9.59 Å². The quantitative estimate of drug-likeness (QED) is 0.673. The summed E-state index contributed by atoms with van der Waals surface area (Å²) < 4.78 is 9.98. The van der Waals surface area contributed by atoms with E-state index in [0.29, 0.717) is 25.1 Å². The second-order valence-electron chi connectivity index (χ2n) is 5.25. The Bertz CT molecular complexity index is 354. The first kappa shape index (κ1) is 14.5.